The number of rotatable bonds is 8. The summed E-state index contributed by atoms with van der Waals surface area (Å²) in [5.41, 5.74) is 2.09. The number of benzene rings is 3. The third-order valence-corrected chi connectivity index (χ3v) is 5.72. The van der Waals surface area contributed by atoms with Crippen LogP contribution in [0.1, 0.15) is 22.7 Å². The highest BCUT2D eigenvalue weighted by atomic mass is 19.1. The highest BCUT2D eigenvalue weighted by Crippen LogP contribution is 2.37. The summed E-state index contributed by atoms with van der Waals surface area (Å²) in [6, 6.07) is 16.9. The van der Waals surface area contributed by atoms with E-state index in [2.05, 4.69) is 10.6 Å². The Bertz CT molecular complexity index is 1310. The molecule has 9 heteroatoms. The molecule has 0 spiro atoms. The first-order valence-electron chi connectivity index (χ1n) is 11.0. The Hall–Kier alpha value is -4.53. The van der Waals surface area contributed by atoms with Crippen LogP contribution in [0.4, 0.5) is 9.18 Å². The minimum absolute atomic E-state index is 0.00138. The van der Waals surface area contributed by atoms with Crippen LogP contribution in [-0.2, 0) is 16.1 Å². The van der Waals surface area contributed by atoms with E-state index in [0.29, 0.717) is 39.6 Å². The fourth-order valence-electron chi connectivity index (χ4n) is 3.88. The van der Waals surface area contributed by atoms with Crippen molar-refractivity contribution in [2.45, 2.75) is 12.6 Å². The number of esters is 1. The Labute approximate surface area is 207 Å². The standard InChI is InChI=1S/C27H25FN2O6/c1-33-19-11-8-16(9-12-19)24-23(26(31)35-3)25(30-27(32)29-24)17-10-13-21(22(14-17)34-2)36-15-18-6-4-5-7-20(18)28/h4-14,25H,15H2,1-3H3,(H2,29,30,32). The Morgan fingerprint density at radius 3 is 2.36 bits per heavy atom. The molecule has 3 aromatic carbocycles. The van der Waals surface area contributed by atoms with E-state index in [1.807, 2.05) is 0 Å². The summed E-state index contributed by atoms with van der Waals surface area (Å²) in [4.78, 5) is 25.5. The average Bonchev–Trinajstić information content (AvgIpc) is 2.91. The maximum Gasteiger partial charge on any atom is 0.338 e. The molecule has 0 bridgehead atoms. The van der Waals surface area contributed by atoms with E-state index in [4.69, 9.17) is 18.9 Å². The van der Waals surface area contributed by atoms with Gasteiger partial charge in [0, 0.05) is 5.56 Å². The van der Waals surface area contributed by atoms with E-state index in [1.54, 1.807) is 67.8 Å². The van der Waals surface area contributed by atoms with Crippen molar-refractivity contribution in [3.63, 3.8) is 0 Å². The molecule has 186 valence electrons. The third kappa shape index (κ3) is 5.10. The Morgan fingerprint density at radius 1 is 0.944 bits per heavy atom. The number of ether oxygens (including phenoxy) is 4. The average molecular weight is 493 g/mol. The molecular formula is C27H25FN2O6. The number of halogens is 1. The van der Waals surface area contributed by atoms with Gasteiger partial charge in [0.05, 0.1) is 38.6 Å². The maximum atomic E-state index is 14.0. The van der Waals surface area contributed by atoms with Crippen molar-refractivity contribution < 1.29 is 32.9 Å². The summed E-state index contributed by atoms with van der Waals surface area (Å²) >= 11 is 0. The van der Waals surface area contributed by atoms with Gasteiger partial charge in [-0.3, -0.25) is 0 Å². The lowest BCUT2D eigenvalue weighted by atomic mass is 9.92. The molecule has 4 rings (SSSR count). The molecule has 0 radical (unpaired) electrons. The van der Waals surface area contributed by atoms with E-state index < -0.39 is 18.0 Å². The quantitative estimate of drug-likeness (QED) is 0.454. The van der Waals surface area contributed by atoms with Crippen molar-refractivity contribution in [1.29, 1.82) is 0 Å². The first-order valence-corrected chi connectivity index (χ1v) is 11.0. The van der Waals surface area contributed by atoms with Crippen LogP contribution in [0, 0.1) is 5.82 Å². The molecule has 1 unspecified atom stereocenters. The summed E-state index contributed by atoms with van der Waals surface area (Å²) in [5, 5.41) is 5.49. The molecule has 36 heavy (non-hydrogen) atoms. The number of methoxy groups -OCH3 is 3. The summed E-state index contributed by atoms with van der Waals surface area (Å²) in [7, 11) is 4.29. The third-order valence-electron chi connectivity index (χ3n) is 5.72. The van der Waals surface area contributed by atoms with Gasteiger partial charge in [-0.05, 0) is 53.6 Å². The van der Waals surface area contributed by atoms with Gasteiger partial charge in [0.15, 0.2) is 11.5 Å². The van der Waals surface area contributed by atoms with Crippen molar-refractivity contribution in [1.82, 2.24) is 10.6 Å². The van der Waals surface area contributed by atoms with Crippen LogP contribution in [0.3, 0.4) is 0 Å². The first kappa shape index (κ1) is 24.6. The van der Waals surface area contributed by atoms with E-state index >= 15 is 0 Å². The smallest absolute Gasteiger partial charge is 0.338 e. The van der Waals surface area contributed by atoms with Crippen molar-refractivity contribution >= 4 is 17.7 Å². The number of hydrogen-bond acceptors (Lipinski definition) is 6. The zero-order valence-electron chi connectivity index (χ0n) is 20.0. The molecule has 2 N–H and O–H groups in total. The van der Waals surface area contributed by atoms with Crippen LogP contribution >= 0.6 is 0 Å². The van der Waals surface area contributed by atoms with Gasteiger partial charge in [0.2, 0.25) is 0 Å². The molecule has 0 fully saturated rings. The lowest BCUT2D eigenvalue weighted by Gasteiger charge is -2.29. The van der Waals surface area contributed by atoms with E-state index in [-0.39, 0.29) is 18.0 Å². The Balaban J connectivity index is 1.71. The minimum Gasteiger partial charge on any atom is -0.497 e. The van der Waals surface area contributed by atoms with Crippen molar-refractivity contribution in [3.05, 3.63) is 94.8 Å². The van der Waals surface area contributed by atoms with E-state index in [0.717, 1.165) is 0 Å². The summed E-state index contributed by atoms with van der Waals surface area (Å²) in [6.45, 7) is 0.00138. The normalized spacial score (nSPS) is 15.0. The van der Waals surface area contributed by atoms with Crippen LogP contribution < -0.4 is 24.8 Å². The first-order chi connectivity index (χ1) is 17.4. The second-order valence-corrected chi connectivity index (χ2v) is 7.83. The maximum absolute atomic E-state index is 14.0. The van der Waals surface area contributed by atoms with Gasteiger partial charge in [-0.1, -0.05) is 24.3 Å². The zero-order chi connectivity index (χ0) is 25.7. The molecule has 0 saturated carbocycles. The zero-order valence-corrected chi connectivity index (χ0v) is 20.0. The van der Waals surface area contributed by atoms with Crippen LogP contribution in [0.2, 0.25) is 0 Å². The molecule has 1 aliphatic rings. The highest BCUT2D eigenvalue weighted by molar-refractivity contribution is 6.04. The highest BCUT2D eigenvalue weighted by Gasteiger charge is 2.34. The van der Waals surface area contributed by atoms with Crippen molar-refractivity contribution in [2.24, 2.45) is 0 Å². The fourth-order valence-corrected chi connectivity index (χ4v) is 3.88. The Morgan fingerprint density at radius 2 is 1.69 bits per heavy atom. The molecule has 0 aliphatic carbocycles. The molecule has 1 atom stereocenters. The number of amides is 2. The van der Waals surface area contributed by atoms with Crippen LogP contribution in [0.5, 0.6) is 17.2 Å². The molecule has 2 amide bonds. The largest absolute Gasteiger partial charge is 0.497 e. The second kappa shape index (κ2) is 10.8. The molecule has 1 heterocycles. The van der Waals surface area contributed by atoms with Crippen LogP contribution in [0.25, 0.3) is 5.70 Å². The lowest BCUT2D eigenvalue weighted by Crippen LogP contribution is -2.45. The number of hydrogen-bond donors (Lipinski definition) is 2. The number of urea groups is 1. The molecule has 1 aliphatic heterocycles. The topological polar surface area (TPSA) is 95.1 Å². The van der Waals surface area contributed by atoms with Crippen molar-refractivity contribution in [2.75, 3.05) is 21.3 Å². The number of nitrogens with one attached hydrogen (secondary N) is 2. The van der Waals surface area contributed by atoms with Gasteiger partial charge >= 0.3 is 12.0 Å². The number of carbonyl (C=O) groups is 2. The number of carbonyl (C=O) groups excluding carboxylic acids is 2. The molecule has 0 aromatic heterocycles. The van der Waals surface area contributed by atoms with Gasteiger partial charge in [0.1, 0.15) is 18.2 Å². The van der Waals surface area contributed by atoms with Crippen molar-refractivity contribution in [3.8, 4) is 17.2 Å². The van der Waals surface area contributed by atoms with Gasteiger partial charge < -0.3 is 29.6 Å². The van der Waals surface area contributed by atoms with Gasteiger partial charge in [-0.25, -0.2) is 14.0 Å². The summed E-state index contributed by atoms with van der Waals surface area (Å²) in [5.74, 6) is 0.378. The molecule has 0 saturated heterocycles. The summed E-state index contributed by atoms with van der Waals surface area (Å²) < 4.78 is 35.5. The fraction of sp³-hybridized carbons (Fsp3) is 0.185. The SMILES string of the molecule is COC(=O)C1=C(c2ccc(OC)cc2)NC(=O)NC1c1ccc(OCc2ccccc2F)c(OC)c1. The predicted octanol–water partition coefficient (Wildman–Crippen LogP) is 4.36. The van der Waals surface area contributed by atoms with E-state index in [9.17, 15) is 14.0 Å². The van der Waals surface area contributed by atoms with E-state index in [1.165, 1.54) is 20.3 Å². The molecule has 8 nitrogen and oxygen atoms in total. The lowest BCUT2D eigenvalue weighted by molar-refractivity contribution is -0.136. The van der Waals surface area contributed by atoms with Crippen LogP contribution in [0.15, 0.2) is 72.3 Å². The van der Waals surface area contributed by atoms with Gasteiger partial charge in [-0.2, -0.15) is 0 Å². The minimum atomic E-state index is -0.835. The summed E-state index contributed by atoms with van der Waals surface area (Å²) in [6.07, 6.45) is 0. The predicted molar refractivity (Wildman–Crippen MR) is 130 cm³/mol. The van der Waals surface area contributed by atoms with Crippen LogP contribution in [-0.4, -0.2) is 33.3 Å². The molecular weight excluding hydrogens is 467 g/mol. The molecule has 3 aromatic rings. The van der Waals surface area contributed by atoms with Gasteiger partial charge in [0.25, 0.3) is 0 Å². The second-order valence-electron chi connectivity index (χ2n) is 7.83. The van der Waals surface area contributed by atoms with Gasteiger partial charge in [-0.15, -0.1) is 0 Å². The monoisotopic (exact) mass is 492 g/mol. The Kier molecular flexibility index (Phi) is 7.39.